The van der Waals surface area contributed by atoms with E-state index in [4.69, 9.17) is 28.9 Å². The van der Waals surface area contributed by atoms with Crippen LogP contribution in [0.2, 0.25) is 10.0 Å². The lowest BCUT2D eigenvalue weighted by atomic mass is 9.97. The Hall–Kier alpha value is -1.06. The van der Waals surface area contributed by atoms with E-state index < -0.39 is 12.1 Å². The van der Waals surface area contributed by atoms with Crippen molar-refractivity contribution in [3.63, 3.8) is 0 Å². The molecule has 0 fully saturated rings. The van der Waals surface area contributed by atoms with Crippen LogP contribution in [0.15, 0.2) is 48.5 Å². The Labute approximate surface area is 122 Å². The molecule has 3 N–H and O–H groups in total. The van der Waals surface area contributed by atoms with Gasteiger partial charge in [-0.15, -0.1) is 0 Å². The Bertz CT molecular complexity index is 525. The smallest absolute Gasteiger partial charge is 0.0773 e. The molecule has 0 aliphatic heterocycles. The van der Waals surface area contributed by atoms with Crippen LogP contribution < -0.4 is 5.73 Å². The Morgan fingerprint density at radius 1 is 1.00 bits per heavy atom. The van der Waals surface area contributed by atoms with Crippen LogP contribution in [0.25, 0.3) is 0 Å². The molecule has 0 bridgehead atoms. The lowest BCUT2D eigenvalue weighted by molar-refractivity contribution is 0.145. The van der Waals surface area contributed by atoms with E-state index in [1.807, 2.05) is 30.3 Å². The van der Waals surface area contributed by atoms with Crippen LogP contribution in [0.1, 0.15) is 17.2 Å². The number of aliphatic hydroxyl groups is 1. The first-order valence-corrected chi connectivity index (χ1v) is 6.75. The molecule has 2 atom stereocenters. The van der Waals surface area contributed by atoms with E-state index in [1.54, 1.807) is 18.2 Å². The first-order valence-electron chi connectivity index (χ1n) is 6.00. The van der Waals surface area contributed by atoms with Gasteiger partial charge in [0.05, 0.1) is 12.1 Å². The van der Waals surface area contributed by atoms with Crippen molar-refractivity contribution >= 4 is 23.2 Å². The fourth-order valence-corrected chi connectivity index (χ4v) is 2.52. The van der Waals surface area contributed by atoms with Crippen LogP contribution in [0.3, 0.4) is 0 Å². The average molecular weight is 296 g/mol. The Balaban J connectivity index is 2.12. The third-order valence-corrected chi connectivity index (χ3v) is 3.41. The summed E-state index contributed by atoms with van der Waals surface area (Å²) in [6.07, 6.45) is -0.191. The highest BCUT2D eigenvalue weighted by Crippen LogP contribution is 2.25. The van der Waals surface area contributed by atoms with Crippen molar-refractivity contribution in [1.29, 1.82) is 0 Å². The van der Waals surface area contributed by atoms with E-state index >= 15 is 0 Å². The van der Waals surface area contributed by atoms with Crippen LogP contribution in [0.4, 0.5) is 0 Å². The highest BCUT2D eigenvalue weighted by molar-refractivity contribution is 6.34. The van der Waals surface area contributed by atoms with E-state index in [2.05, 4.69) is 0 Å². The molecule has 0 aliphatic carbocycles. The van der Waals surface area contributed by atoms with Crippen molar-refractivity contribution < 1.29 is 5.11 Å². The van der Waals surface area contributed by atoms with E-state index in [0.717, 1.165) is 11.1 Å². The third-order valence-electron chi connectivity index (χ3n) is 2.97. The van der Waals surface area contributed by atoms with Crippen molar-refractivity contribution in [2.24, 2.45) is 5.73 Å². The zero-order valence-corrected chi connectivity index (χ0v) is 11.8. The number of halogens is 2. The fourth-order valence-electron chi connectivity index (χ4n) is 1.97. The Morgan fingerprint density at radius 2 is 1.58 bits per heavy atom. The van der Waals surface area contributed by atoms with Gasteiger partial charge in [-0.25, -0.2) is 0 Å². The minimum atomic E-state index is -0.683. The van der Waals surface area contributed by atoms with Crippen LogP contribution in [0.5, 0.6) is 0 Å². The molecule has 0 radical (unpaired) electrons. The summed E-state index contributed by atoms with van der Waals surface area (Å²) in [4.78, 5) is 0. The van der Waals surface area contributed by atoms with Crippen LogP contribution in [-0.2, 0) is 6.42 Å². The van der Waals surface area contributed by atoms with Gasteiger partial charge in [-0.05, 0) is 29.3 Å². The molecule has 0 aliphatic rings. The van der Waals surface area contributed by atoms with E-state index in [9.17, 15) is 5.11 Å². The lowest BCUT2D eigenvalue weighted by Gasteiger charge is -2.19. The minimum Gasteiger partial charge on any atom is -0.391 e. The Morgan fingerprint density at radius 3 is 2.16 bits per heavy atom. The van der Waals surface area contributed by atoms with Gasteiger partial charge >= 0.3 is 0 Å². The second-order valence-corrected chi connectivity index (χ2v) is 5.36. The van der Waals surface area contributed by atoms with Crippen molar-refractivity contribution in [2.75, 3.05) is 0 Å². The molecule has 4 heteroatoms. The van der Waals surface area contributed by atoms with Crippen molar-refractivity contribution in [1.82, 2.24) is 0 Å². The molecule has 0 amide bonds. The molecule has 0 unspecified atom stereocenters. The zero-order valence-electron chi connectivity index (χ0n) is 10.3. The predicted molar refractivity (Wildman–Crippen MR) is 79.5 cm³/mol. The summed E-state index contributed by atoms with van der Waals surface area (Å²) in [5, 5.41) is 11.2. The van der Waals surface area contributed by atoms with Crippen molar-refractivity contribution in [3.05, 3.63) is 69.7 Å². The average Bonchev–Trinajstić information content (AvgIpc) is 2.37. The zero-order chi connectivity index (χ0) is 13.8. The summed E-state index contributed by atoms with van der Waals surface area (Å²) >= 11 is 11.9. The van der Waals surface area contributed by atoms with Crippen molar-refractivity contribution in [3.8, 4) is 0 Å². The van der Waals surface area contributed by atoms with Gasteiger partial charge in [-0.2, -0.15) is 0 Å². The quantitative estimate of drug-likeness (QED) is 0.905. The highest BCUT2D eigenvalue weighted by atomic mass is 35.5. The molecular weight excluding hydrogens is 281 g/mol. The molecule has 0 aromatic heterocycles. The number of hydrogen-bond donors (Lipinski definition) is 2. The van der Waals surface area contributed by atoms with Gasteiger partial charge in [0.2, 0.25) is 0 Å². The molecule has 2 aromatic carbocycles. The van der Waals surface area contributed by atoms with Crippen molar-refractivity contribution in [2.45, 2.75) is 18.6 Å². The molecular formula is C15H15Cl2NO. The molecule has 2 nitrogen and oxygen atoms in total. The fraction of sp³-hybridized carbons (Fsp3) is 0.200. The molecule has 19 heavy (non-hydrogen) atoms. The third kappa shape index (κ3) is 3.95. The van der Waals surface area contributed by atoms with Gasteiger partial charge in [0, 0.05) is 16.5 Å². The second kappa shape index (κ2) is 6.40. The Kier molecular flexibility index (Phi) is 4.83. The molecule has 0 saturated heterocycles. The summed E-state index contributed by atoms with van der Waals surface area (Å²) < 4.78 is 0. The first-order chi connectivity index (χ1) is 9.06. The SMILES string of the molecule is N[C@@H](c1cc(Cl)cc(Cl)c1)[C@H](O)Cc1ccccc1. The molecule has 0 heterocycles. The topological polar surface area (TPSA) is 46.2 Å². The molecule has 0 saturated carbocycles. The van der Waals surface area contributed by atoms with Crippen LogP contribution >= 0.6 is 23.2 Å². The second-order valence-electron chi connectivity index (χ2n) is 4.49. The van der Waals surface area contributed by atoms with E-state index in [0.29, 0.717) is 16.5 Å². The summed E-state index contributed by atoms with van der Waals surface area (Å²) in [5.74, 6) is 0. The van der Waals surface area contributed by atoms with E-state index in [1.165, 1.54) is 0 Å². The highest BCUT2D eigenvalue weighted by Gasteiger charge is 2.18. The van der Waals surface area contributed by atoms with Gasteiger partial charge in [0.15, 0.2) is 0 Å². The van der Waals surface area contributed by atoms with E-state index in [-0.39, 0.29) is 0 Å². The normalized spacial score (nSPS) is 14.1. The molecule has 2 rings (SSSR count). The van der Waals surface area contributed by atoms with Gasteiger partial charge < -0.3 is 10.8 Å². The number of hydrogen-bond acceptors (Lipinski definition) is 2. The van der Waals surface area contributed by atoms with Crippen LogP contribution in [0, 0.1) is 0 Å². The molecule has 100 valence electrons. The standard InChI is InChI=1S/C15H15Cl2NO/c16-12-7-11(8-13(17)9-12)15(18)14(19)6-10-4-2-1-3-5-10/h1-5,7-9,14-15,19H,6,18H2/t14-,15+/m1/s1. The maximum atomic E-state index is 10.2. The minimum absolute atomic E-state index is 0.492. The summed E-state index contributed by atoms with van der Waals surface area (Å²) in [5.41, 5.74) is 7.83. The number of nitrogens with two attached hydrogens (primary N) is 1. The summed E-state index contributed by atoms with van der Waals surface area (Å²) in [6.45, 7) is 0. The van der Waals surface area contributed by atoms with Gasteiger partial charge in [0.1, 0.15) is 0 Å². The van der Waals surface area contributed by atoms with Crippen LogP contribution in [-0.4, -0.2) is 11.2 Å². The number of rotatable bonds is 4. The largest absolute Gasteiger partial charge is 0.391 e. The summed E-state index contributed by atoms with van der Waals surface area (Å²) in [6, 6.07) is 14.3. The maximum Gasteiger partial charge on any atom is 0.0773 e. The van der Waals surface area contributed by atoms with Gasteiger partial charge in [-0.3, -0.25) is 0 Å². The lowest BCUT2D eigenvalue weighted by Crippen LogP contribution is -2.28. The first kappa shape index (κ1) is 14.4. The summed E-state index contributed by atoms with van der Waals surface area (Å²) in [7, 11) is 0. The maximum absolute atomic E-state index is 10.2. The molecule has 2 aromatic rings. The monoisotopic (exact) mass is 295 g/mol. The predicted octanol–water partition coefficient (Wildman–Crippen LogP) is 3.60. The molecule has 0 spiro atoms. The number of aliphatic hydroxyl groups excluding tert-OH is 1. The van der Waals surface area contributed by atoms with Gasteiger partial charge in [0.25, 0.3) is 0 Å². The number of benzene rings is 2. The van der Waals surface area contributed by atoms with Gasteiger partial charge in [-0.1, -0.05) is 53.5 Å².